The molecule has 0 unspecified atom stereocenters. The van der Waals surface area contributed by atoms with E-state index in [1.807, 2.05) is 54.6 Å². The fourth-order valence-corrected chi connectivity index (χ4v) is 6.51. The Labute approximate surface area is 282 Å². The zero-order chi connectivity index (χ0) is 33.6. The number of nitrogens with one attached hydrogen (secondary N) is 1. The van der Waals surface area contributed by atoms with Gasteiger partial charge in [0.15, 0.2) is 5.82 Å². The van der Waals surface area contributed by atoms with Crippen LogP contribution >= 0.6 is 11.9 Å². The summed E-state index contributed by atoms with van der Waals surface area (Å²) in [5, 5.41) is 27.7. The number of phenols is 1. The number of hydrogen-bond donors (Lipinski definition) is 2. The van der Waals surface area contributed by atoms with Gasteiger partial charge in [-0.25, -0.2) is 0 Å². The van der Waals surface area contributed by atoms with Crippen LogP contribution in [0.5, 0.6) is 11.5 Å². The number of aromatic hydroxyl groups is 1. The van der Waals surface area contributed by atoms with Crippen molar-refractivity contribution in [2.75, 3.05) is 13.2 Å². The molecule has 0 spiro atoms. The third kappa shape index (κ3) is 9.13. The molecule has 1 aromatic heterocycles. The number of benzene rings is 4. The average molecular weight is 652 g/mol. The van der Waals surface area contributed by atoms with Crippen LogP contribution in [0.25, 0.3) is 22.2 Å². The predicted octanol–water partition coefficient (Wildman–Crippen LogP) is 8.52. The van der Waals surface area contributed by atoms with E-state index in [9.17, 15) is 9.90 Å². The summed E-state index contributed by atoms with van der Waals surface area (Å²) in [5.41, 5.74) is 4.02. The van der Waals surface area contributed by atoms with Crippen LogP contribution in [0.1, 0.15) is 75.9 Å². The molecule has 0 aliphatic rings. The van der Waals surface area contributed by atoms with Crippen LogP contribution in [0.15, 0.2) is 83.8 Å². The highest BCUT2D eigenvalue weighted by atomic mass is 32.2. The van der Waals surface area contributed by atoms with Crippen LogP contribution in [0.4, 0.5) is 0 Å². The number of ether oxygens (including phenoxy) is 1. The lowest BCUT2D eigenvalue weighted by Crippen LogP contribution is -2.25. The number of rotatable bonds is 12. The highest BCUT2D eigenvalue weighted by Crippen LogP contribution is 2.38. The number of tetrazole rings is 1. The molecule has 47 heavy (non-hydrogen) atoms. The Balaban J connectivity index is 1.22. The van der Waals surface area contributed by atoms with Crippen LogP contribution in [-0.4, -0.2) is 43.8 Å². The minimum Gasteiger partial charge on any atom is -0.506 e. The van der Waals surface area contributed by atoms with E-state index in [0.717, 1.165) is 47.3 Å². The number of carbonyl (C=O) groups is 1. The van der Waals surface area contributed by atoms with Crippen molar-refractivity contribution < 1.29 is 14.6 Å². The smallest absolute Gasteiger partial charge is 0.255 e. The number of hydrogen-bond acceptors (Lipinski definition) is 7. The maximum Gasteiger partial charge on any atom is 0.255 e. The molecule has 0 bridgehead atoms. The van der Waals surface area contributed by atoms with Gasteiger partial charge in [0.1, 0.15) is 11.5 Å². The Morgan fingerprint density at radius 3 is 2.30 bits per heavy atom. The van der Waals surface area contributed by atoms with Crippen molar-refractivity contribution in [2.45, 2.75) is 72.1 Å². The molecule has 0 saturated heterocycles. The molecule has 0 aliphatic carbocycles. The molecule has 8 nitrogen and oxygen atoms in total. The summed E-state index contributed by atoms with van der Waals surface area (Å²) in [7, 11) is 0. The first-order valence-electron chi connectivity index (χ1n) is 16.2. The molecule has 4 aromatic carbocycles. The Bertz CT molecular complexity index is 1820. The van der Waals surface area contributed by atoms with Crippen LogP contribution in [-0.2, 0) is 12.8 Å². The third-order valence-corrected chi connectivity index (χ3v) is 8.53. The summed E-state index contributed by atoms with van der Waals surface area (Å²) in [6, 6.07) is 25.4. The SMILES string of the molecule is CC(C)(C)Cc1ccc(OCCCCNC(=O)c2cc(Sn3nnnc3-c3ccccc3)c3ccccc3c2O)c(CC(C)(C)C)c1. The minimum atomic E-state index is -0.335. The molecular weight excluding hydrogens is 607 g/mol. The van der Waals surface area contributed by atoms with Gasteiger partial charge in [-0.15, -0.1) is 5.10 Å². The van der Waals surface area contributed by atoms with Crippen LogP contribution < -0.4 is 10.1 Å². The second-order valence-corrected chi connectivity index (χ2v) is 15.3. The second-order valence-electron chi connectivity index (χ2n) is 14.4. The lowest BCUT2D eigenvalue weighted by atomic mass is 9.84. The van der Waals surface area contributed by atoms with Gasteiger partial charge in [-0.05, 0) is 70.2 Å². The highest BCUT2D eigenvalue weighted by molar-refractivity contribution is 7.98. The van der Waals surface area contributed by atoms with E-state index in [0.29, 0.717) is 24.4 Å². The molecule has 5 aromatic rings. The van der Waals surface area contributed by atoms with Crippen LogP contribution in [0.3, 0.4) is 0 Å². The largest absolute Gasteiger partial charge is 0.506 e. The fraction of sp³-hybridized carbons (Fsp3) is 0.368. The highest BCUT2D eigenvalue weighted by Gasteiger charge is 2.20. The van der Waals surface area contributed by atoms with Gasteiger partial charge < -0.3 is 15.2 Å². The molecular formula is C38H45N5O3S. The van der Waals surface area contributed by atoms with Crippen molar-refractivity contribution in [1.82, 2.24) is 24.9 Å². The van der Waals surface area contributed by atoms with Crippen molar-refractivity contribution >= 4 is 28.6 Å². The van der Waals surface area contributed by atoms with Gasteiger partial charge in [0.05, 0.1) is 12.2 Å². The van der Waals surface area contributed by atoms with Gasteiger partial charge >= 0.3 is 0 Å². The van der Waals surface area contributed by atoms with E-state index >= 15 is 0 Å². The second kappa shape index (κ2) is 14.6. The molecule has 0 aliphatic heterocycles. The Morgan fingerprint density at radius 1 is 0.872 bits per heavy atom. The average Bonchev–Trinajstić information content (AvgIpc) is 3.48. The number of phenolic OH excluding ortho intramolecular Hbond substituents is 1. The summed E-state index contributed by atoms with van der Waals surface area (Å²) in [6.45, 7) is 14.5. The van der Waals surface area contributed by atoms with Crippen LogP contribution in [0.2, 0.25) is 0 Å². The third-order valence-electron chi connectivity index (χ3n) is 7.58. The monoisotopic (exact) mass is 651 g/mol. The Hall–Kier alpha value is -4.37. The van der Waals surface area contributed by atoms with Gasteiger partial charge in [0, 0.05) is 39.7 Å². The first-order chi connectivity index (χ1) is 22.4. The zero-order valence-corrected chi connectivity index (χ0v) is 29.0. The van der Waals surface area contributed by atoms with Gasteiger partial charge in [-0.1, -0.05) is 108 Å². The zero-order valence-electron chi connectivity index (χ0n) is 28.2. The molecule has 1 amide bonds. The summed E-state index contributed by atoms with van der Waals surface area (Å²) in [6.07, 6.45) is 3.48. The standard InChI is InChI=1S/C38H45N5O3S/c1-37(2,3)24-26-18-19-32(28(22-26)25-38(4,5)6)46-21-13-12-20-39-36(45)31-23-33(29-16-10-11-17-30(29)34(31)44)47-43-35(40-41-42-43)27-14-8-7-9-15-27/h7-11,14-19,22-23,44H,12-13,20-21,24-25H2,1-6H3,(H,39,45). The Kier molecular flexibility index (Phi) is 10.5. The van der Waals surface area contributed by atoms with E-state index in [1.165, 1.54) is 23.1 Å². The van der Waals surface area contributed by atoms with Crippen LogP contribution in [0, 0.1) is 10.8 Å². The number of nitrogens with zero attached hydrogens (tertiary/aromatic N) is 4. The first-order valence-corrected chi connectivity index (χ1v) is 16.9. The summed E-state index contributed by atoms with van der Waals surface area (Å²) in [5.74, 6) is 1.14. The molecule has 0 atom stereocenters. The maximum atomic E-state index is 13.4. The van der Waals surface area contributed by atoms with Crippen molar-refractivity contribution in [2.24, 2.45) is 10.8 Å². The minimum absolute atomic E-state index is 0.0490. The molecule has 0 radical (unpaired) electrons. The topological polar surface area (TPSA) is 102 Å². The van der Waals surface area contributed by atoms with Crippen molar-refractivity contribution in [1.29, 1.82) is 0 Å². The van der Waals surface area contributed by atoms with E-state index < -0.39 is 0 Å². The predicted molar refractivity (Wildman–Crippen MR) is 190 cm³/mol. The molecule has 5 rings (SSSR count). The molecule has 9 heteroatoms. The van der Waals surface area contributed by atoms with Gasteiger partial charge in [0.25, 0.3) is 5.91 Å². The quantitative estimate of drug-likeness (QED) is 0.130. The van der Waals surface area contributed by atoms with Crippen molar-refractivity contribution in [3.05, 3.63) is 95.6 Å². The number of carbonyl (C=O) groups excluding carboxylic acids is 1. The van der Waals surface area contributed by atoms with E-state index in [4.69, 9.17) is 4.74 Å². The molecule has 0 fully saturated rings. The number of unbranched alkanes of at least 4 members (excludes halogenated alkanes) is 1. The first kappa shape index (κ1) is 34.0. The van der Waals surface area contributed by atoms with E-state index in [2.05, 4.69) is 80.6 Å². The number of amides is 1. The van der Waals surface area contributed by atoms with Crippen molar-refractivity contribution in [3.8, 4) is 22.9 Å². The lowest BCUT2D eigenvalue weighted by Gasteiger charge is -2.23. The van der Waals surface area contributed by atoms with Crippen molar-refractivity contribution in [3.63, 3.8) is 0 Å². The van der Waals surface area contributed by atoms with Gasteiger partial charge in [0.2, 0.25) is 0 Å². The Morgan fingerprint density at radius 2 is 1.57 bits per heavy atom. The molecule has 246 valence electrons. The summed E-state index contributed by atoms with van der Waals surface area (Å²) < 4.78 is 7.89. The molecule has 1 heterocycles. The van der Waals surface area contributed by atoms with Gasteiger partial charge in [-0.2, -0.15) is 4.09 Å². The van der Waals surface area contributed by atoms with E-state index in [-0.39, 0.29) is 28.1 Å². The lowest BCUT2D eigenvalue weighted by molar-refractivity contribution is 0.0949. The number of fused-ring (bicyclic) bond motifs is 1. The molecule has 0 saturated carbocycles. The summed E-state index contributed by atoms with van der Waals surface area (Å²) >= 11 is 1.30. The molecule has 2 N–H and O–H groups in total. The number of aromatic nitrogens is 4. The normalized spacial score (nSPS) is 12.0. The summed E-state index contributed by atoms with van der Waals surface area (Å²) in [4.78, 5) is 14.1. The van der Waals surface area contributed by atoms with Gasteiger partial charge in [-0.3, -0.25) is 4.79 Å². The van der Waals surface area contributed by atoms with E-state index in [1.54, 1.807) is 10.2 Å². The fourth-order valence-electron chi connectivity index (χ4n) is 5.58. The maximum absolute atomic E-state index is 13.4.